The van der Waals surface area contributed by atoms with Crippen LogP contribution in [-0.4, -0.2) is 35.1 Å². The number of nitrogens with one attached hydrogen (secondary N) is 1. The van der Waals surface area contributed by atoms with Crippen LogP contribution in [0.4, 0.5) is 10.5 Å². The summed E-state index contributed by atoms with van der Waals surface area (Å²) in [4.78, 5) is 23.9. The van der Waals surface area contributed by atoms with Crippen molar-refractivity contribution in [3.63, 3.8) is 0 Å². The zero-order valence-corrected chi connectivity index (χ0v) is 11.4. The first-order valence-electron chi connectivity index (χ1n) is 5.68. The van der Waals surface area contributed by atoms with Crippen LogP contribution in [0.2, 0.25) is 10.0 Å². The summed E-state index contributed by atoms with van der Waals surface area (Å²) in [5.41, 5.74) is 0.557. The van der Waals surface area contributed by atoms with Crippen LogP contribution in [0.5, 0.6) is 0 Å². The Balaban J connectivity index is 1.85. The van der Waals surface area contributed by atoms with Gasteiger partial charge in [-0.05, 0) is 18.2 Å². The average molecular weight is 303 g/mol. The highest BCUT2D eigenvalue weighted by Crippen LogP contribution is 2.26. The van der Waals surface area contributed by atoms with Gasteiger partial charge in [0.2, 0.25) is 0 Å². The van der Waals surface area contributed by atoms with Crippen LogP contribution in [0.1, 0.15) is 6.42 Å². The van der Waals surface area contributed by atoms with Gasteiger partial charge in [-0.25, -0.2) is 4.79 Å². The largest absolute Gasteiger partial charge is 0.481 e. The lowest BCUT2D eigenvalue weighted by Crippen LogP contribution is -2.52. The van der Waals surface area contributed by atoms with E-state index in [1.165, 1.54) is 0 Å². The number of carboxylic acids is 1. The number of nitrogens with zero attached hydrogens (tertiary/aromatic N) is 1. The summed E-state index contributed by atoms with van der Waals surface area (Å²) in [5, 5.41) is 12.1. The molecular weight excluding hydrogens is 291 g/mol. The van der Waals surface area contributed by atoms with Gasteiger partial charge in [-0.15, -0.1) is 0 Å². The predicted molar refractivity (Wildman–Crippen MR) is 72.8 cm³/mol. The zero-order chi connectivity index (χ0) is 14.0. The summed E-state index contributed by atoms with van der Waals surface area (Å²) < 4.78 is 0. The first-order valence-corrected chi connectivity index (χ1v) is 6.44. The molecule has 0 bridgehead atoms. The number of rotatable bonds is 3. The highest BCUT2D eigenvalue weighted by Gasteiger charge is 2.32. The molecule has 2 N–H and O–H groups in total. The second kappa shape index (κ2) is 5.67. The van der Waals surface area contributed by atoms with Crippen LogP contribution in [-0.2, 0) is 4.79 Å². The van der Waals surface area contributed by atoms with Crippen LogP contribution in [0.25, 0.3) is 0 Å². The predicted octanol–water partition coefficient (Wildman–Crippen LogP) is 2.93. The quantitative estimate of drug-likeness (QED) is 0.902. The molecule has 1 aromatic carbocycles. The zero-order valence-electron chi connectivity index (χ0n) is 9.90. The number of carbonyl (C=O) groups excluding carboxylic acids is 1. The van der Waals surface area contributed by atoms with E-state index >= 15 is 0 Å². The van der Waals surface area contributed by atoms with Gasteiger partial charge in [-0.2, -0.15) is 0 Å². The van der Waals surface area contributed by atoms with E-state index < -0.39 is 5.97 Å². The van der Waals surface area contributed by atoms with Crippen LogP contribution in [0.3, 0.4) is 0 Å². The Bertz CT molecular complexity index is 516. The topological polar surface area (TPSA) is 69.6 Å². The first-order chi connectivity index (χ1) is 8.95. The summed E-state index contributed by atoms with van der Waals surface area (Å²) in [6, 6.07) is 4.56. The Morgan fingerprint density at radius 1 is 1.32 bits per heavy atom. The van der Waals surface area contributed by atoms with Crippen molar-refractivity contribution < 1.29 is 14.7 Å². The number of hydrogen-bond donors (Lipinski definition) is 2. The summed E-state index contributed by atoms with van der Waals surface area (Å²) in [6.45, 7) is 0.916. The maximum Gasteiger partial charge on any atom is 0.321 e. The lowest BCUT2D eigenvalue weighted by molar-refractivity contribution is -0.139. The molecule has 1 saturated heterocycles. The lowest BCUT2D eigenvalue weighted by atomic mass is 9.97. The molecular formula is C12H12Cl2N2O3. The van der Waals surface area contributed by atoms with E-state index in [4.69, 9.17) is 28.3 Å². The molecule has 0 saturated carbocycles. The first kappa shape index (κ1) is 14.0. The number of aliphatic carboxylic acids is 1. The monoisotopic (exact) mass is 302 g/mol. The van der Waals surface area contributed by atoms with Gasteiger partial charge in [-0.1, -0.05) is 23.2 Å². The number of carbonyl (C=O) groups is 2. The van der Waals surface area contributed by atoms with Gasteiger partial charge >= 0.3 is 12.0 Å². The molecule has 1 heterocycles. The molecule has 1 aliphatic heterocycles. The fourth-order valence-corrected chi connectivity index (χ4v) is 2.19. The maximum atomic E-state index is 11.8. The number of benzene rings is 1. The molecule has 0 atom stereocenters. The molecule has 1 aromatic rings. The van der Waals surface area contributed by atoms with Gasteiger partial charge in [0.25, 0.3) is 0 Å². The number of likely N-dealkylation sites (tertiary alicyclic amines) is 1. The van der Waals surface area contributed by atoms with Crippen molar-refractivity contribution in [2.75, 3.05) is 18.4 Å². The van der Waals surface area contributed by atoms with E-state index in [1.807, 2.05) is 0 Å². The van der Waals surface area contributed by atoms with Crippen LogP contribution in [0.15, 0.2) is 18.2 Å². The second-order valence-electron chi connectivity index (χ2n) is 4.43. The van der Waals surface area contributed by atoms with E-state index in [9.17, 15) is 9.59 Å². The van der Waals surface area contributed by atoms with Gasteiger partial charge in [0.15, 0.2) is 0 Å². The van der Waals surface area contributed by atoms with Crippen molar-refractivity contribution in [1.82, 2.24) is 4.90 Å². The lowest BCUT2D eigenvalue weighted by Gasteiger charge is -2.38. The molecule has 0 aliphatic carbocycles. The van der Waals surface area contributed by atoms with Crippen molar-refractivity contribution in [2.45, 2.75) is 6.42 Å². The molecule has 0 spiro atoms. The Morgan fingerprint density at radius 3 is 2.58 bits per heavy atom. The van der Waals surface area contributed by atoms with Crippen molar-refractivity contribution in [1.29, 1.82) is 0 Å². The number of carboxylic acid groups (broad SMARTS) is 1. The molecule has 19 heavy (non-hydrogen) atoms. The minimum Gasteiger partial charge on any atom is -0.481 e. The SMILES string of the molecule is O=C(O)CC1CN(C(=O)Nc2ccc(Cl)c(Cl)c2)C1. The molecule has 0 unspecified atom stereocenters. The Morgan fingerprint density at radius 2 is 2.00 bits per heavy atom. The van der Waals surface area contributed by atoms with E-state index in [0.717, 1.165) is 0 Å². The standard InChI is InChI=1S/C12H12Cl2N2O3/c13-9-2-1-8(4-10(9)14)15-12(19)16-5-7(6-16)3-11(17)18/h1-2,4,7H,3,5-6H2,(H,15,19)(H,17,18). The third-order valence-electron chi connectivity index (χ3n) is 2.88. The van der Waals surface area contributed by atoms with Gasteiger partial charge < -0.3 is 15.3 Å². The average Bonchev–Trinajstić information content (AvgIpc) is 2.27. The third kappa shape index (κ3) is 3.52. The number of urea groups is 1. The molecule has 7 heteroatoms. The Labute approximate surface area is 120 Å². The number of amides is 2. The molecule has 5 nitrogen and oxygen atoms in total. The Hall–Kier alpha value is -1.46. The Kier molecular flexibility index (Phi) is 4.17. The molecule has 0 aromatic heterocycles. The molecule has 2 rings (SSSR count). The smallest absolute Gasteiger partial charge is 0.321 e. The number of hydrogen-bond acceptors (Lipinski definition) is 2. The van der Waals surface area contributed by atoms with E-state index in [1.54, 1.807) is 23.1 Å². The third-order valence-corrected chi connectivity index (χ3v) is 3.62. The number of halogens is 2. The second-order valence-corrected chi connectivity index (χ2v) is 5.24. The van der Waals surface area contributed by atoms with Gasteiger partial charge in [0, 0.05) is 24.7 Å². The van der Waals surface area contributed by atoms with Gasteiger partial charge in [-0.3, -0.25) is 4.79 Å². The minimum atomic E-state index is -0.838. The van der Waals surface area contributed by atoms with Gasteiger partial charge in [0.1, 0.15) is 0 Å². The van der Waals surface area contributed by atoms with Crippen molar-refractivity contribution in [2.24, 2.45) is 5.92 Å². The molecule has 1 aliphatic rings. The van der Waals surface area contributed by atoms with E-state index in [2.05, 4.69) is 5.32 Å². The maximum absolute atomic E-state index is 11.8. The number of anilines is 1. The fourth-order valence-electron chi connectivity index (χ4n) is 1.89. The molecule has 2 amide bonds. The highest BCUT2D eigenvalue weighted by molar-refractivity contribution is 6.42. The summed E-state index contributed by atoms with van der Waals surface area (Å²) >= 11 is 11.6. The van der Waals surface area contributed by atoms with E-state index in [-0.39, 0.29) is 18.4 Å². The normalized spacial score (nSPS) is 14.9. The van der Waals surface area contributed by atoms with Gasteiger partial charge in [0.05, 0.1) is 16.5 Å². The molecule has 102 valence electrons. The summed E-state index contributed by atoms with van der Waals surface area (Å²) in [6.07, 6.45) is 0.0938. The van der Waals surface area contributed by atoms with Crippen LogP contribution < -0.4 is 5.32 Å². The van der Waals surface area contributed by atoms with Crippen LogP contribution in [0, 0.1) is 5.92 Å². The molecule has 1 fully saturated rings. The fraction of sp³-hybridized carbons (Fsp3) is 0.333. The van der Waals surface area contributed by atoms with Crippen molar-refractivity contribution in [3.8, 4) is 0 Å². The molecule has 0 radical (unpaired) electrons. The summed E-state index contributed by atoms with van der Waals surface area (Å²) in [7, 11) is 0. The minimum absolute atomic E-state index is 0.0389. The van der Waals surface area contributed by atoms with E-state index in [0.29, 0.717) is 28.8 Å². The van der Waals surface area contributed by atoms with Crippen molar-refractivity contribution in [3.05, 3.63) is 28.2 Å². The van der Waals surface area contributed by atoms with Crippen LogP contribution >= 0.6 is 23.2 Å². The summed E-state index contributed by atoms with van der Waals surface area (Å²) in [5.74, 6) is -0.799. The van der Waals surface area contributed by atoms with Crippen molar-refractivity contribution >= 4 is 40.9 Å². The highest BCUT2D eigenvalue weighted by atomic mass is 35.5.